The van der Waals surface area contributed by atoms with Crippen LogP contribution in [0.15, 0.2) is 0 Å². The van der Waals surface area contributed by atoms with Crippen molar-refractivity contribution in [1.82, 2.24) is 5.32 Å². The summed E-state index contributed by atoms with van der Waals surface area (Å²) in [7, 11) is 0. The highest BCUT2D eigenvalue weighted by Crippen LogP contribution is 1.91. The molecule has 0 aromatic carbocycles. The van der Waals surface area contributed by atoms with E-state index >= 15 is 0 Å². The molecule has 1 N–H and O–H groups in total. The van der Waals surface area contributed by atoms with Gasteiger partial charge in [0.15, 0.2) is 0 Å². The molecule has 0 radical (unpaired) electrons. The molecule has 4 heteroatoms. The van der Waals surface area contributed by atoms with Gasteiger partial charge < -0.3 is 5.32 Å². The molecule has 0 bridgehead atoms. The molecular formula is C8H14ClNO2. The SMILES string of the molecule is CC(=O)CCNC(=O)CCCCl. The third kappa shape index (κ3) is 7.54. The van der Waals surface area contributed by atoms with Gasteiger partial charge in [-0.1, -0.05) is 0 Å². The number of ketones is 1. The second kappa shape index (κ2) is 7.10. The van der Waals surface area contributed by atoms with Gasteiger partial charge in [0.2, 0.25) is 5.91 Å². The van der Waals surface area contributed by atoms with Crippen molar-refractivity contribution in [3.63, 3.8) is 0 Å². The number of halogens is 1. The van der Waals surface area contributed by atoms with Gasteiger partial charge in [0.1, 0.15) is 5.78 Å². The number of Topliss-reactive ketones (excluding diaryl/α,β-unsaturated/α-hetero) is 1. The zero-order valence-corrected chi connectivity index (χ0v) is 7.99. The topological polar surface area (TPSA) is 46.2 Å². The van der Waals surface area contributed by atoms with E-state index in [-0.39, 0.29) is 11.7 Å². The van der Waals surface area contributed by atoms with Crippen LogP contribution in [0.25, 0.3) is 0 Å². The first-order chi connectivity index (χ1) is 5.66. The molecule has 0 aromatic heterocycles. The average Bonchev–Trinajstić information content (AvgIpc) is 2.00. The molecule has 0 rings (SSSR count). The van der Waals surface area contributed by atoms with Crippen LogP contribution in [-0.2, 0) is 9.59 Å². The highest BCUT2D eigenvalue weighted by atomic mass is 35.5. The van der Waals surface area contributed by atoms with Crippen LogP contribution in [0.2, 0.25) is 0 Å². The predicted octanol–water partition coefficient (Wildman–Crippen LogP) is 1.10. The first-order valence-electron chi connectivity index (χ1n) is 3.99. The fraction of sp³-hybridized carbons (Fsp3) is 0.750. The van der Waals surface area contributed by atoms with Crippen LogP contribution in [0.5, 0.6) is 0 Å². The zero-order chi connectivity index (χ0) is 9.40. The van der Waals surface area contributed by atoms with E-state index in [1.165, 1.54) is 6.92 Å². The van der Waals surface area contributed by atoms with Crippen molar-refractivity contribution in [2.45, 2.75) is 26.2 Å². The van der Waals surface area contributed by atoms with E-state index in [0.29, 0.717) is 31.7 Å². The van der Waals surface area contributed by atoms with Crippen LogP contribution >= 0.6 is 11.6 Å². The summed E-state index contributed by atoms with van der Waals surface area (Å²) in [6, 6.07) is 0. The molecule has 1 amide bonds. The predicted molar refractivity (Wildman–Crippen MR) is 48.3 cm³/mol. The Kier molecular flexibility index (Phi) is 6.76. The Labute approximate surface area is 77.5 Å². The molecule has 0 saturated heterocycles. The Balaban J connectivity index is 3.25. The lowest BCUT2D eigenvalue weighted by Crippen LogP contribution is -2.25. The molecule has 0 aliphatic rings. The van der Waals surface area contributed by atoms with Gasteiger partial charge in [0, 0.05) is 25.3 Å². The van der Waals surface area contributed by atoms with Gasteiger partial charge >= 0.3 is 0 Å². The summed E-state index contributed by atoms with van der Waals surface area (Å²) in [5.41, 5.74) is 0. The third-order valence-corrected chi connectivity index (χ3v) is 1.60. The Bertz CT molecular complexity index is 159. The molecule has 0 aliphatic carbocycles. The first-order valence-corrected chi connectivity index (χ1v) is 4.52. The van der Waals surface area contributed by atoms with E-state index < -0.39 is 0 Å². The summed E-state index contributed by atoms with van der Waals surface area (Å²) in [5, 5.41) is 2.63. The summed E-state index contributed by atoms with van der Waals surface area (Å²) in [5.74, 6) is 0.560. The average molecular weight is 192 g/mol. The second-order valence-electron chi connectivity index (χ2n) is 2.59. The largest absolute Gasteiger partial charge is 0.356 e. The lowest BCUT2D eigenvalue weighted by Gasteiger charge is -2.01. The third-order valence-electron chi connectivity index (χ3n) is 1.34. The van der Waals surface area contributed by atoms with Crippen molar-refractivity contribution in [2.75, 3.05) is 12.4 Å². The molecule has 0 aliphatic heterocycles. The van der Waals surface area contributed by atoms with E-state index in [1.807, 2.05) is 0 Å². The lowest BCUT2D eigenvalue weighted by atomic mass is 10.3. The number of nitrogens with one attached hydrogen (secondary N) is 1. The van der Waals surface area contributed by atoms with E-state index in [9.17, 15) is 9.59 Å². The maximum atomic E-state index is 10.9. The minimum Gasteiger partial charge on any atom is -0.356 e. The van der Waals surface area contributed by atoms with Gasteiger partial charge in [-0.3, -0.25) is 9.59 Å². The highest BCUT2D eigenvalue weighted by molar-refractivity contribution is 6.17. The Morgan fingerprint density at radius 2 is 2.00 bits per heavy atom. The summed E-state index contributed by atoms with van der Waals surface area (Å²) in [4.78, 5) is 21.4. The molecule has 70 valence electrons. The van der Waals surface area contributed by atoms with E-state index in [1.54, 1.807) is 0 Å². The standard InChI is InChI=1S/C8H14ClNO2/c1-7(11)4-6-10-8(12)3-2-5-9/h2-6H2,1H3,(H,10,12). The van der Waals surface area contributed by atoms with Crippen molar-refractivity contribution in [1.29, 1.82) is 0 Å². The number of carbonyl (C=O) groups is 2. The minimum atomic E-state index is -0.0306. The van der Waals surface area contributed by atoms with Crippen molar-refractivity contribution < 1.29 is 9.59 Å². The maximum Gasteiger partial charge on any atom is 0.220 e. The fourth-order valence-electron chi connectivity index (χ4n) is 0.694. The van der Waals surface area contributed by atoms with Crippen LogP contribution in [0.4, 0.5) is 0 Å². The first kappa shape index (κ1) is 11.4. The molecule has 0 heterocycles. The van der Waals surface area contributed by atoms with Gasteiger partial charge in [-0.15, -0.1) is 11.6 Å². The van der Waals surface area contributed by atoms with Crippen molar-refractivity contribution >= 4 is 23.3 Å². The monoisotopic (exact) mass is 191 g/mol. The molecule has 0 saturated carbocycles. The molecule has 0 atom stereocenters. The van der Waals surface area contributed by atoms with Crippen LogP contribution in [0.3, 0.4) is 0 Å². The number of hydrogen-bond donors (Lipinski definition) is 1. The molecule has 0 aromatic rings. The summed E-state index contributed by atoms with van der Waals surface area (Å²) >= 11 is 5.40. The second-order valence-corrected chi connectivity index (χ2v) is 2.97. The van der Waals surface area contributed by atoms with E-state index in [0.717, 1.165) is 0 Å². The molecule has 12 heavy (non-hydrogen) atoms. The Morgan fingerprint density at radius 1 is 1.33 bits per heavy atom. The van der Waals surface area contributed by atoms with Crippen LogP contribution < -0.4 is 5.32 Å². The zero-order valence-electron chi connectivity index (χ0n) is 7.23. The van der Waals surface area contributed by atoms with Crippen molar-refractivity contribution in [3.8, 4) is 0 Å². The van der Waals surface area contributed by atoms with E-state index in [2.05, 4.69) is 5.32 Å². The number of amides is 1. The fourth-order valence-corrected chi connectivity index (χ4v) is 0.827. The summed E-state index contributed by atoms with van der Waals surface area (Å²) in [6.07, 6.45) is 1.54. The van der Waals surface area contributed by atoms with Crippen molar-refractivity contribution in [2.24, 2.45) is 0 Å². The van der Waals surface area contributed by atoms with Gasteiger partial charge in [0.05, 0.1) is 0 Å². The summed E-state index contributed by atoms with van der Waals surface area (Å²) < 4.78 is 0. The van der Waals surface area contributed by atoms with Crippen LogP contribution in [0, 0.1) is 0 Å². The lowest BCUT2D eigenvalue weighted by molar-refractivity contribution is -0.121. The van der Waals surface area contributed by atoms with Crippen LogP contribution in [0.1, 0.15) is 26.2 Å². The highest BCUT2D eigenvalue weighted by Gasteiger charge is 1.99. The number of alkyl halides is 1. The van der Waals surface area contributed by atoms with Gasteiger partial charge in [0.25, 0.3) is 0 Å². The molecule has 0 fully saturated rings. The molecular weight excluding hydrogens is 178 g/mol. The molecule has 0 unspecified atom stereocenters. The Hall–Kier alpha value is -0.570. The smallest absolute Gasteiger partial charge is 0.220 e. The van der Waals surface area contributed by atoms with Crippen LogP contribution in [-0.4, -0.2) is 24.1 Å². The number of carbonyl (C=O) groups excluding carboxylic acids is 2. The Morgan fingerprint density at radius 3 is 2.50 bits per heavy atom. The van der Waals surface area contributed by atoms with Gasteiger partial charge in [-0.05, 0) is 13.3 Å². The van der Waals surface area contributed by atoms with Gasteiger partial charge in [-0.2, -0.15) is 0 Å². The van der Waals surface area contributed by atoms with E-state index in [4.69, 9.17) is 11.6 Å². The normalized spacial score (nSPS) is 9.50. The maximum absolute atomic E-state index is 10.9. The quantitative estimate of drug-likeness (QED) is 0.640. The minimum absolute atomic E-state index is 0.0306. The molecule has 0 spiro atoms. The summed E-state index contributed by atoms with van der Waals surface area (Å²) in [6.45, 7) is 1.95. The number of rotatable bonds is 6. The molecule has 3 nitrogen and oxygen atoms in total. The van der Waals surface area contributed by atoms with Crippen molar-refractivity contribution in [3.05, 3.63) is 0 Å². The van der Waals surface area contributed by atoms with Gasteiger partial charge in [-0.25, -0.2) is 0 Å². The number of hydrogen-bond acceptors (Lipinski definition) is 2.